The lowest BCUT2D eigenvalue weighted by molar-refractivity contribution is 0.163. The van der Waals surface area contributed by atoms with Gasteiger partial charge in [0.15, 0.2) is 5.75 Å². The van der Waals surface area contributed by atoms with Crippen LogP contribution in [0, 0.1) is 17.1 Å². The Morgan fingerprint density at radius 2 is 2.29 bits per heavy atom. The van der Waals surface area contributed by atoms with E-state index in [9.17, 15) is 14.4 Å². The fourth-order valence-corrected chi connectivity index (χ4v) is 5.53. The van der Waals surface area contributed by atoms with Gasteiger partial charge < -0.3 is 20.7 Å². The number of aromatic nitrogens is 5. The highest BCUT2D eigenvalue weighted by Crippen LogP contribution is 2.60. The van der Waals surface area contributed by atoms with Crippen molar-refractivity contribution in [2.24, 2.45) is 12.8 Å². The normalized spacial score (nSPS) is 21.3. The number of anilines is 2. The summed E-state index contributed by atoms with van der Waals surface area (Å²) in [7, 11) is 1.79. The molecule has 4 N–H and O–H groups in total. The second kappa shape index (κ2) is 8.53. The van der Waals surface area contributed by atoms with Crippen molar-refractivity contribution < 1.29 is 13.2 Å². The lowest BCUT2D eigenvalue weighted by Gasteiger charge is -2.37. The highest BCUT2D eigenvalue weighted by molar-refractivity contribution is 5.95. The molecule has 2 atom stereocenters. The zero-order valence-electron chi connectivity index (χ0n) is 23.7. The third kappa shape index (κ3) is 3.42. The van der Waals surface area contributed by atoms with Crippen LogP contribution in [0.4, 0.5) is 15.9 Å². The van der Waals surface area contributed by atoms with Crippen molar-refractivity contribution in [1.29, 1.82) is 5.26 Å². The summed E-state index contributed by atoms with van der Waals surface area (Å²) in [6.45, 7) is 0.374. The van der Waals surface area contributed by atoms with E-state index >= 15 is 0 Å². The van der Waals surface area contributed by atoms with E-state index in [1.54, 1.807) is 24.0 Å². The van der Waals surface area contributed by atoms with Crippen LogP contribution in [0.1, 0.15) is 40.3 Å². The van der Waals surface area contributed by atoms with Gasteiger partial charge in [-0.2, -0.15) is 15.5 Å². The van der Waals surface area contributed by atoms with Gasteiger partial charge >= 0.3 is 0 Å². The van der Waals surface area contributed by atoms with Crippen LogP contribution >= 0.6 is 0 Å². The number of hydrogen-bond donors (Lipinski definition) is 3. The number of nitrogens with zero attached hydrogens (tertiary/aromatic N) is 6. The lowest BCUT2D eigenvalue weighted by Crippen LogP contribution is -2.43. The van der Waals surface area contributed by atoms with Crippen LogP contribution in [0.2, 0.25) is 0 Å². The van der Waals surface area contributed by atoms with E-state index in [4.69, 9.17) is 14.6 Å². The first kappa shape index (κ1) is 20.5. The van der Waals surface area contributed by atoms with Crippen molar-refractivity contribution >= 4 is 22.3 Å². The molecule has 1 saturated carbocycles. The standard InChI is InChI=1S/C26H26FN9O2/c1-4-36-12-26(38-23-13(9-28)5-14(27)6-20(23)36)8-17(26)22-16(11-31-35(22)3)18-7-15-19(10-29)33-34-25(37)21(15)24(30-2)32-18/h5-7,11,17H,4,8,10,12,29H2,1-3H3,(H,30,32)(H,34,37)/i2D3. The van der Waals surface area contributed by atoms with Crippen molar-refractivity contribution in [3.63, 3.8) is 0 Å². The number of rotatable bonds is 5. The molecule has 1 spiro atoms. The van der Waals surface area contributed by atoms with Gasteiger partial charge in [-0.25, -0.2) is 14.5 Å². The van der Waals surface area contributed by atoms with E-state index in [1.165, 1.54) is 12.1 Å². The molecule has 1 fully saturated rings. The zero-order chi connectivity index (χ0) is 29.3. The Kier molecular flexibility index (Phi) is 4.61. The van der Waals surface area contributed by atoms with Crippen molar-refractivity contribution in [2.75, 3.05) is 30.3 Å². The molecule has 38 heavy (non-hydrogen) atoms. The van der Waals surface area contributed by atoms with E-state index in [-0.39, 0.29) is 29.2 Å². The summed E-state index contributed by atoms with van der Waals surface area (Å²) in [6, 6.07) is 6.25. The van der Waals surface area contributed by atoms with Crippen LogP contribution in [0.25, 0.3) is 22.0 Å². The largest absolute Gasteiger partial charge is 0.481 e. The molecule has 4 heterocycles. The number of fused-ring (bicyclic) bond motifs is 2. The summed E-state index contributed by atoms with van der Waals surface area (Å²) in [5.74, 6) is -0.462. The van der Waals surface area contributed by atoms with Crippen LogP contribution in [-0.4, -0.2) is 50.6 Å². The molecule has 1 aliphatic heterocycles. The number of aromatic amines is 1. The number of aryl methyl sites for hydroxylation is 1. The second-order valence-corrected chi connectivity index (χ2v) is 9.53. The number of halogens is 1. The molecule has 2 aliphatic rings. The first-order valence-electron chi connectivity index (χ1n) is 13.6. The minimum Gasteiger partial charge on any atom is -0.481 e. The van der Waals surface area contributed by atoms with Gasteiger partial charge in [0, 0.05) is 60.6 Å². The third-order valence-corrected chi connectivity index (χ3v) is 7.42. The van der Waals surface area contributed by atoms with Gasteiger partial charge in [-0.05, 0) is 19.1 Å². The van der Waals surface area contributed by atoms with E-state index in [0.29, 0.717) is 53.3 Å². The number of likely N-dealkylation sites (N-methyl/N-ethyl adjacent to an activating group) is 1. The van der Waals surface area contributed by atoms with Crippen molar-refractivity contribution in [3.05, 3.63) is 57.5 Å². The monoisotopic (exact) mass is 518 g/mol. The molecule has 11 nitrogen and oxygen atoms in total. The Balaban J connectivity index is 1.48. The maximum absolute atomic E-state index is 14.3. The van der Waals surface area contributed by atoms with Gasteiger partial charge in [-0.15, -0.1) is 0 Å². The molecule has 3 aromatic heterocycles. The highest BCUT2D eigenvalue weighted by Gasteiger charge is 2.62. The van der Waals surface area contributed by atoms with Crippen LogP contribution in [0.3, 0.4) is 0 Å². The summed E-state index contributed by atoms with van der Waals surface area (Å²) in [5, 5.41) is 23.3. The first-order valence-corrected chi connectivity index (χ1v) is 12.1. The zero-order valence-corrected chi connectivity index (χ0v) is 20.7. The van der Waals surface area contributed by atoms with Crippen molar-refractivity contribution in [1.82, 2.24) is 25.0 Å². The molecule has 12 heteroatoms. The molecule has 0 radical (unpaired) electrons. The minimum atomic E-state index is -2.62. The molecule has 6 rings (SSSR count). The fraction of sp³-hybridized carbons (Fsp3) is 0.346. The van der Waals surface area contributed by atoms with Crippen molar-refractivity contribution in [2.45, 2.75) is 31.4 Å². The molecule has 0 amide bonds. The molecular formula is C26H26FN9O2. The quantitative estimate of drug-likeness (QED) is 0.362. The highest BCUT2D eigenvalue weighted by atomic mass is 19.1. The third-order valence-electron chi connectivity index (χ3n) is 7.42. The number of pyridine rings is 1. The van der Waals surface area contributed by atoms with Crippen LogP contribution in [-0.2, 0) is 13.6 Å². The van der Waals surface area contributed by atoms with E-state index < -0.39 is 24.0 Å². The smallest absolute Gasteiger partial charge is 0.275 e. The summed E-state index contributed by atoms with van der Waals surface area (Å²) >= 11 is 0. The Bertz CT molecular complexity index is 1810. The topological polar surface area (TPSA) is 151 Å². The van der Waals surface area contributed by atoms with E-state index in [2.05, 4.69) is 25.6 Å². The first-order chi connectivity index (χ1) is 19.5. The summed E-state index contributed by atoms with van der Waals surface area (Å²) in [6.07, 6.45) is 2.22. The number of ether oxygens (including phenoxy) is 1. The van der Waals surface area contributed by atoms with Gasteiger partial charge in [0.05, 0.1) is 46.5 Å². The van der Waals surface area contributed by atoms with Gasteiger partial charge in [0.25, 0.3) is 5.56 Å². The van der Waals surface area contributed by atoms with Crippen LogP contribution in [0.5, 0.6) is 5.75 Å². The Hall–Kier alpha value is -4.50. The molecular weight excluding hydrogens is 489 g/mol. The molecule has 2 unspecified atom stereocenters. The number of nitrogens with one attached hydrogen (secondary N) is 2. The number of nitrogens with two attached hydrogens (primary N) is 1. The summed E-state index contributed by atoms with van der Waals surface area (Å²) < 4.78 is 45.6. The molecule has 1 aliphatic carbocycles. The lowest BCUT2D eigenvalue weighted by atomic mass is 10.0. The number of benzene rings is 1. The summed E-state index contributed by atoms with van der Waals surface area (Å²) in [5.41, 5.74) is 7.39. The number of nitriles is 1. The number of H-pyrrole nitrogens is 1. The van der Waals surface area contributed by atoms with Gasteiger partial charge in [0.1, 0.15) is 23.3 Å². The maximum atomic E-state index is 14.3. The van der Waals surface area contributed by atoms with E-state index in [1.807, 2.05) is 17.9 Å². The molecule has 0 bridgehead atoms. The minimum absolute atomic E-state index is 0.00248. The fourth-order valence-electron chi connectivity index (χ4n) is 5.53. The average molecular weight is 519 g/mol. The van der Waals surface area contributed by atoms with Gasteiger partial charge in [-0.1, -0.05) is 0 Å². The van der Waals surface area contributed by atoms with Crippen LogP contribution in [0.15, 0.2) is 29.2 Å². The number of hydrogen-bond acceptors (Lipinski definition) is 9. The predicted molar refractivity (Wildman–Crippen MR) is 140 cm³/mol. The summed E-state index contributed by atoms with van der Waals surface area (Å²) in [4.78, 5) is 19.3. The van der Waals surface area contributed by atoms with Gasteiger partial charge in [-0.3, -0.25) is 9.48 Å². The maximum Gasteiger partial charge on any atom is 0.275 e. The molecule has 0 saturated heterocycles. The molecule has 194 valence electrons. The SMILES string of the molecule is [2H]C([2H])([2H])Nc1nc(-c2cnn(C)c2C2CC23CN(CC)c2cc(F)cc(C#N)c2O3)cc2c(CN)n[nH]c(=O)c12. The van der Waals surface area contributed by atoms with E-state index in [0.717, 1.165) is 5.69 Å². The van der Waals surface area contributed by atoms with Crippen molar-refractivity contribution in [3.8, 4) is 23.1 Å². The molecule has 4 aromatic rings. The molecule has 1 aromatic carbocycles. The van der Waals surface area contributed by atoms with Crippen LogP contribution < -0.4 is 26.2 Å². The average Bonchev–Trinajstić information content (AvgIpc) is 3.45. The Morgan fingerprint density at radius 1 is 1.45 bits per heavy atom. The Labute approximate surface area is 221 Å². The Morgan fingerprint density at radius 3 is 3.03 bits per heavy atom. The predicted octanol–water partition coefficient (Wildman–Crippen LogP) is 2.37. The second-order valence-electron chi connectivity index (χ2n) is 9.53. The van der Waals surface area contributed by atoms with Gasteiger partial charge in [0.2, 0.25) is 0 Å².